The molecule has 0 bridgehead atoms. The molecule has 2 heteroatoms. The van der Waals surface area contributed by atoms with Crippen LogP contribution in [-0.2, 0) is 5.92 Å². The molecule has 0 aliphatic heterocycles. The second kappa shape index (κ2) is 4.05. The predicted molar refractivity (Wildman–Crippen MR) is 60.6 cm³/mol. The Hall–Kier alpha value is -1.70. The van der Waals surface area contributed by atoms with Gasteiger partial charge in [-0.15, -0.1) is 0 Å². The van der Waals surface area contributed by atoms with Crippen molar-refractivity contribution in [2.75, 3.05) is 0 Å². The van der Waals surface area contributed by atoms with Gasteiger partial charge in [0, 0.05) is 11.1 Å². The van der Waals surface area contributed by atoms with Crippen molar-refractivity contribution >= 4 is 0 Å². The van der Waals surface area contributed by atoms with Crippen LogP contribution in [0.3, 0.4) is 0 Å². The van der Waals surface area contributed by atoms with E-state index in [1.807, 2.05) is 13.0 Å². The van der Waals surface area contributed by atoms with E-state index in [1.54, 1.807) is 24.3 Å². The molecule has 82 valence electrons. The monoisotopic (exact) mass is 218 g/mol. The Morgan fingerprint density at radius 1 is 0.812 bits per heavy atom. The van der Waals surface area contributed by atoms with Crippen LogP contribution in [0, 0.1) is 6.92 Å². The van der Waals surface area contributed by atoms with E-state index >= 15 is 0 Å². The highest BCUT2D eigenvalue weighted by atomic mass is 19.3. The average molecular weight is 218 g/mol. The van der Waals surface area contributed by atoms with Crippen molar-refractivity contribution in [2.24, 2.45) is 0 Å². The second-order valence-corrected chi connectivity index (χ2v) is 3.81. The van der Waals surface area contributed by atoms with Gasteiger partial charge in [0.2, 0.25) is 0 Å². The molecule has 0 heterocycles. The molecule has 0 fully saturated rings. The predicted octanol–water partition coefficient (Wildman–Crippen LogP) is 4.14. The van der Waals surface area contributed by atoms with E-state index in [0.717, 1.165) is 5.56 Å². The van der Waals surface area contributed by atoms with Crippen LogP contribution in [0.25, 0.3) is 0 Å². The summed E-state index contributed by atoms with van der Waals surface area (Å²) in [5.41, 5.74) is 0.910. The molecule has 0 nitrogen and oxygen atoms in total. The van der Waals surface area contributed by atoms with Crippen LogP contribution in [0.5, 0.6) is 0 Å². The maximum atomic E-state index is 14.1. The van der Waals surface area contributed by atoms with Crippen LogP contribution in [-0.4, -0.2) is 0 Å². The number of aryl methyl sites for hydroxylation is 1. The summed E-state index contributed by atoms with van der Waals surface area (Å²) in [6.07, 6.45) is 0. The summed E-state index contributed by atoms with van der Waals surface area (Å²) in [6.45, 7) is 1.81. The first-order chi connectivity index (χ1) is 7.60. The van der Waals surface area contributed by atoms with Crippen LogP contribution in [0.1, 0.15) is 16.7 Å². The van der Waals surface area contributed by atoms with Crippen molar-refractivity contribution in [1.82, 2.24) is 0 Å². The standard InChI is InChI=1S/C14H12F2/c1-11-6-5-9-13(10-11)14(15,16)12-7-3-2-4-8-12/h2-10H,1H3. The average Bonchev–Trinajstić information content (AvgIpc) is 2.30. The largest absolute Gasteiger partial charge is 0.298 e. The van der Waals surface area contributed by atoms with Gasteiger partial charge in [0.15, 0.2) is 0 Å². The minimum atomic E-state index is -2.92. The first kappa shape index (κ1) is 10.8. The van der Waals surface area contributed by atoms with Crippen molar-refractivity contribution in [2.45, 2.75) is 12.8 Å². The minimum absolute atomic E-state index is 0.0283. The van der Waals surface area contributed by atoms with Crippen LogP contribution in [0.15, 0.2) is 54.6 Å². The molecule has 2 aromatic carbocycles. The number of alkyl halides is 2. The third kappa shape index (κ3) is 1.96. The molecule has 0 N–H and O–H groups in total. The number of hydrogen-bond donors (Lipinski definition) is 0. The fourth-order valence-electron chi connectivity index (χ4n) is 1.65. The zero-order valence-corrected chi connectivity index (χ0v) is 8.95. The van der Waals surface area contributed by atoms with E-state index in [2.05, 4.69) is 0 Å². The topological polar surface area (TPSA) is 0 Å². The molecule has 0 radical (unpaired) electrons. The quantitative estimate of drug-likeness (QED) is 0.710. The molecule has 0 aromatic heterocycles. The molecule has 0 atom stereocenters. The van der Waals surface area contributed by atoms with Gasteiger partial charge in [-0.25, -0.2) is 0 Å². The van der Waals surface area contributed by atoms with Gasteiger partial charge < -0.3 is 0 Å². The highest BCUT2D eigenvalue weighted by Crippen LogP contribution is 2.35. The highest BCUT2D eigenvalue weighted by Gasteiger charge is 2.33. The van der Waals surface area contributed by atoms with E-state index in [1.165, 1.54) is 24.3 Å². The van der Waals surface area contributed by atoms with E-state index in [9.17, 15) is 8.78 Å². The summed E-state index contributed by atoms with van der Waals surface area (Å²) in [5, 5.41) is 0. The number of benzene rings is 2. The Balaban J connectivity index is 2.47. The molecule has 0 aliphatic carbocycles. The normalized spacial score (nSPS) is 11.4. The Kier molecular flexibility index (Phi) is 2.73. The van der Waals surface area contributed by atoms with E-state index < -0.39 is 5.92 Å². The van der Waals surface area contributed by atoms with Gasteiger partial charge >= 0.3 is 0 Å². The molecule has 0 aliphatic rings. The minimum Gasteiger partial charge on any atom is -0.196 e. The zero-order valence-electron chi connectivity index (χ0n) is 8.95. The third-order valence-corrected chi connectivity index (χ3v) is 2.52. The molecule has 2 rings (SSSR count). The van der Waals surface area contributed by atoms with Crippen LogP contribution in [0.2, 0.25) is 0 Å². The Labute approximate surface area is 93.5 Å². The fraction of sp³-hybridized carbons (Fsp3) is 0.143. The zero-order chi connectivity index (χ0) is 11.6. The van der Waals surface area contributed by atoms with Crippen LogP contribution >= 0.6 is 0 Å². The van der Waals surface area contributed by atoms with Gasteiger partial charge in [-0.2, -0.15) is 8.78 Å². The molecule has 16 heavy (non-hydrogen) atoms. The van der Waals surface area contributed by atoms with E-state index in [0.29, 0.717) is 0 Å². The second-order valence-electron chi connectivity index (χ2n) is 3.81. The van der Waals surface area contributed by atoms with Gasteiger partial charge in [-0.3, -0.25) is 0 Å². The van der Waals surface area contributed by atoms with E-state index in [-0.39, 0.29) is 11.1 Å². The first-order valence-electron chi connectivity index (χ1n) is 5.11. The fourth-order valence-corrected chi connectivity index (χ4v) is 1.65. The SMILES string of the molecule is Cc1cccc(C(F)(F)c2ccccc2)c1. The molecule has 0 amide bonds. The van der Waals surface area contributed by atoms with Crippen LogP contribution in [0.4, 0.5) is 8.78 Å². The van der Waals surface area contributed by atoms with Crippen molar-refractivity contribution < 1.29 is 8.78 Å². The molecular formula is C14H12F2. The van der Waals surface area contributed by atoms with Gasteiger partial charge in [0.25, 0.3) is 5.92 Å². The lowest BCUT2D eigenvalue weighted by Gasteiger charge is -2.17. The lowest BCUT2D eigenvalue weighted by Crippen LogP contribution is -2.15. The smallest absolute Gasteiger partial charge is 0.196 e. The molecule has 0 saturated carbocycles. The van der Waals surface area contributed by atoms with Gasteiger partial charge in [-0.05, 0) is 13.0 Å². The molecule has 0 spiro atoms. The lowest BCUT2D eigenvalue weighted by molar-refractivity contribution is 0.0428. The number of halogens is 2. The summed E-state index contributed by atoms with van der Waals surface area (Å²) in [5.74, 6) is -2.92. The highest BCUT2D eigenvalue weighted by molar-refractivity contribution is 5.35. The maximum absolute atomic E-state index is 14.1. The van der Waals surface area contributed by atoms with Gasteiger partial charge in [-0.1, -0.05) is 54.1 Å². The molecule has 0 saturated heterocycles. The first-order valence-corrected chi connectivity index (χ1v) is 5.11. The van der Waals surface area contributed by atoms with Crippen molar-refractivity contribution in [3.63, 3.8) is 0 Å². The Bertz CT molecular complexity index is 475. The summed E-state index contributed by atoms with van der Waals surface area (Å²) in [4.78, 5) is 0. The molecular weight excluding hydrogens is 206 g/mol. The van der Waals surface area contributed by atoms with Crippen LogP contribution < -0.4 is 0 Å². The van der Waals surface area contributed by atoms with Crippen molar-refractivity contribution in [1.29, 1.82) is 0 Å². The van der Waals surface area contributed by atoms with Crippen molar-refractivity contribution in [3.8, 4) is 0 Å². The number of rotatable bonds is 2. The third-order valence-electron chi connectivity index (χ3n) is 2.52. The maximum Gasteiger partial charge on any atom is 0.298 e. The summed E-state index contributed by atoms with van der Waals surface area (Å²) in [7, 11) is 0. The Morgan fingerprint density at radius 3 is 2.06 bits per heavy atom. The summed E-state index contributed by atoms with van der Waals surface area (Å²) >= 11 is 0. The lowest BCUT2D eigenvalue weighted by atomic mass is 9.99. The molecule has 2 aromatic rings. The molecule has 0 unspecified atom stereocenters. The number of hydrogen-bond acceptors (Lipinski definition) is 0. The van der Waals surface area contributed by atoms with Gasteiger partial charge in [0.05, 0.1) is 0 Å². The summed E-state index contributed by atoms with van der Waals surface area (Å²) in [6, 6.07) is 14.3. The van der Waals surface area contributed by atoms with Crippen molar-refractivity contribution in [3.05, 3.63) is 71.3 Å². The van der Waals surface area contributed by atoms with Gasteiger partial charge in [0.1, 0.15) is 0 Å². The Morgan fingerprint density at radius 2 is 1.44 bits per heavy atom. The summed E-state index contributed by atoms with van der Waals surface area (Å²) < 4.78 is 28.1. The van der Waals surface area contributed by atoms with E-state index in [4.69, 9.17) is 0 Å².